The van der Waals surface area contributed by atoms with Gasteiger partial charge in [0.05, 0.1) is 37.1 Å². The molecule has 6 heterocycles. The van der Waals surface area contributed by atoms with Gasteiger partial charge < -0.3 is 108 Å². The summed E-state index contributed by atoms with van der Waals surface area (Å²) in [7, 11) is 0. The molecule has 0 bridgehead atoms. The second-order valence-corrected chi connectivity index (χ2v) is 23.6. The van der Waals surface area contributed by atoms with E-state index in [2.05, 4.69) is 13.8 Å². The Morgan fingerprint density at radius 1 is 0.463 bits per heavy atom. The third kappa shape index (κ3) is 19.1. The van der Waals surface area contributed by atoms with E-state index in [1.165, 1.54) is 27.2 Å². The quantitative estimate of drug-likeness (QED) is 0.0550. The van der Waals surface area contributed by atoms with Crippen molar-refractivity contribution in [2.75, 3.05) is 6.61 Å². The zero-order valence-corrected chi connectivity index (χ0v) is 49.2. The second kappa shape index (κ2) is 34.6. The van der Waals surface area contributed by atoms with Crippen LogP contribution in [0.5, 0.6) is 0 Å². The maximum Gasteiger partial charge on any atom is 0.306 e. The Kier molecular flexibility index (Phi) is 29.2. The third-order valence-corrected chi connectivity index (χ3v) is 17.0. The van der Waals surface area contributed by atoms with Gasteiger partial charge in [0.1, 0.15) is 85.5 Å². The number of esters is 2. The third-order valence-electron chi connectivity index (χ3n) is 17.0. The van der Waals surface area contributed by atoms with Crippen LogP contribution in [0.4, 0.5) is 0 Å². The van der Waals surface area contributed by atoms with Crippen molar-refractivity contribution in [3.8, 4) is 0 Å². The Hall–Kier alpha value is -1.86. The molecular weight excluding hydrogens is 1080 g/mol. The zero-order chi connectivity index (χ0) is 59.6. The first-order valence-electron chi connectivity index (χ1n) is 31.0. The van der Waals surface area contributed by atoms with Crippen LogP contribution in [-0.4, -0.2) is 229 Å². The Balaban J connectivity index is 1.34. The van der Waals surface area contributed by atoms with E-state index in [1.807, 2.05) is 0 Å². The topological polar surface area (TPSA) is 347 Å². The van der Waals surface area contributed by atoms with Crippen LogP contribution in [0.3, 0.4) is 0 Å². The summed E-state index contributed by atoms with van der Waals surface area (Å²) in [5, 5.41) is 111. The maximum atomic E-state index is 14.2. The lowest BCUT2D eigenvalue weighted by Crippen LogP contribution is -2.68. The molecule has 0 aromatic rings. The van der Waals surface area contributed by atoms with Gasteiger partial charge in [-0.15, -0.1) is 0 Å². The van der Waals surface area contributed by atoms with Gasteiger partial charge in [0.15, 0.2) is 43.7 Å². The van der Waals surface area contributed by atoms with E-state index in [0.29, 0.717) is 25.7 Å². The monoisotopic (exact) mass is 1180 g/mol. The Morgan fingerprint density at radius 2 is 0.976 bits per heavy atom. The Labute approximate surface area is 483 Å². The number of aliphatic hydroxyl groups excluding tert-OH is 10. The van der Waals surface area contributed by atoms with Crippen LogP contribution in [0.2, 0.25) is 0 Å². The highest BCUT2D eigenvalue weighted by Crippen LogP contribution is 2.39. The summed E-state index contributed by atoms with van der Waals surface area (Å²) in [6, 6.07) is 0. The molecule has 6 fully saturated rings. The summed E-state index contributed by atoms with van der Waals surface area (Å²) in [6.07, 6.45) is -20.9. The highest BCUT2D eigenvalue weighted by Gasteiger charge is 2.58. The average Bonchev–Trinajstić information content (AvgIpc) is 3.61. The Bertz CT molecular complexity index is 1820. The fraction of sp³-hybridized carbons (Fsp3) is 0.966. The van der Waals surface area contributed by atoms with Crippen molar-refractivity contribution in [1.29, 1.82) is 0 Å². The molecule has 0 aromatic heterocycles. The van der Waals surface area contributed by atoms with Crippen molar-refractivity contribution in [2.45, 2.75) is 349 Å². The molecule has 6 rings (SSSR count). The number of hydrogen-bond acceptors (Lipinski definition) is 24. The molecule has 26 unspecified atom stereocenters. The van der Waals surface area contributed by atoms with Crippen LogP contribution < -0.4 is 0 Å². The summed E-state index contributed by atoms with van der Waals surface area (Å²) >= 11 is 0. The molecule has 26 atom stereocenters. The number of carbonyl (C=O) groups excluding carboxylic acids is 2. The number of carbonyl (C=O) groups is 2. The molecule has 0 radical (unpaired) electrons. The second-order valence-electron chi connectivity index (χ2n) is 23.6. The van der Waals surface area contributed by atoms with Gasteiger partial charge in [0.25, 0.3) is 0 Å². The first-order valence-corrected chi connectivity index (χ1v) is 31.0. The molecule has 6 aliphatic heterocycles. The molecule has 24 nitrogen and oxygen atoms in total. The van der Waals surface area contributed by atoms with Crippen LogP contribution in [0, 0.1) is 0 Å². The molecular formula is C58H102O24. The van der Waals surface area contributed by atoms with Crippen LogP contribution >= 0.6 is 0 Å². The summed E-state index contributed by atoms with van der Waals surface area (Å²) in [6.45, 7) is 9.49. The molecule has 0 amide bonds. The van der Waals surface area contributed by atoms with E-state index in [-0.39, 0.29) is 18.9 Å². The highest BCUT2D eigenvalue weighted by molar-refractivity contribution is 5.70. The lowest BCUT2D eigenvalue weighted by Gasteiger charge is -2.51. The average molecular weight is 1180 g/mol. The number of fused-ring (bicyclic) bond motifs is 2. The first-order chi connectivity index (χ1) is 39.3. The van der Waals surface area contributed by atoms with Gasteiger partial charge in [-0.2, -0.15) is 0 Å². The van der Waals surface area contributed by atoms with Gasteiger partial charge >= 0.3 is 11.9 Å². The molecule has 82 heavy (non-hydrogen) atoms. The van der Waals surface area contributed by atoms with Crippen molar-refractivity contribution < 1.29 is 117 Å². The summed E-state index contributed by atoms with van der Waals surface area (Å²) in [4.78, 5) is 28.0. The predicted octanol–water partition coefficient (Wildman–Crippen LogP) is 2.71. The van der Waals surface area contributed by atoms with Crippen molar-refractivity contribution in [1.82, 2.24) is 0 Å². The zero-order valence-electron chi connectivity index (χ0n) is 49.2. The maximum absolute atomic E-state index is 14.2. The minimum Gasteiger partial charge on any atom is -0.454 e. The molecule has 0 saturated carbocycles. The van der Waals surface area contributed by atoms with Crippen molar-refractivity contribution in [3.63, 3.8) is 0 Å². The van der Waals surface area contributed by atoms with Crippen LogP contribution in [-0.2, 0) is 66.4 Å². The molecule has 0 spiro atoms. The van der Waals surface area contributed by atoms with Crippen LogP contribution in [0.1, 0.15) is 189 Å². The number of hydrogen-bond donors (Lipinski definition) is 10. The number of aliphatic hydroxyl groups is 10. The molecule has 478 valence electrons. The number of unbranched alkanes of at least 4 members (excludes halogenated alkanes) is 10. The van der Waals surface area contributed by atoms with Gasteiger partial charge in [-0.05, 0) is 53.4 Å². The molecule has 6 saturated heterocycles. The fourth-order valence-corrected chi connectivity index (χ4v) is 11.8. The fourth-order valence-electron chi connectivity index (χ4n) is 11.8. The van der Waals surface area contributed by atoms with Crippen molar-refractivity contribution >= 4 is 11.9 Å². The molecule has 24 heteroatoms. The standard InChI is InChI=1S/C58H102O24/c1-7-9-11-12-13-14-17-20-25-29-38(61)78-53-52(82-55-46(69)43(66)41(64)36(30-59)76-55)49(80-54-45(68)42(65)39(62)31(3)71-54)34(6)74-58(53)79-48-33(5)73-57-51(47(48)70)77-37(60)28-24-21-18-15-16-19-23-27-35(26-22-10-8-2)75-56-50(81-57)44(67)40(63)32(4)72-56/h31-36,39-59,62-70H,7-30H2,1-6H3. The SMILES string of the molecule is CCCCCCCCCCCC(=O)OC1C(OC2C(C)OC3OC4C(OC(CCCCC)CCCCCCCCCC(=O)OC3C2O)OC(C)C(O)C4O)OC(C)C(OC2OC(C)C(O)C(O)C2O)C1OC1OC(CO)C(O)C(O)C1O. The summed E-state index contributed by atoms with van der Waals surface area (Å²) < 4.78 is 75.6. The number of ether oxygens (including phenoxy) is 12. The normalized spacial score (nSPS) is 43.1. The lowest BCUT2D eigenvalue weighted by atomic mass is 9.95. The smallest absolute Gasteiger partial charge is 0.306 e. The predicted molar refractivity (Wildman–Crippen MR) is 289 cm³/mol. The summed E-state index contributed by atoms with van der Waals surface area (Å²) in [5.74, 6) is -1.47. The van der Waals surface area contributed by atoms with E-state index in [4.69, 9.17) is 56.8 Å². The van der Waals surface area contributed by atoms with Crippen LogP contribution in [0.15, 0.2) is 0 Å². The van der Waals surface area contributed by atoms with Gasteiger partial charge in [-0.1, -0.05) is 123 Å². The van der Waals surface area contributed by atoms with E-state index < -0.39 is 172 Å². The largest absolute Gasteiger partial charge is 0.454 e. The van der Waals surface area contributed by atoms with Gasteiger partial charge in [0, 0.05) is 12.8 Å². The van der Waals surface area contributed by atoms with Crippen molar-refractivity contribution in [3.05, 3.63) is 0 Å². The molecule has 10 N–H and O–H groups in total. The molecule has 6 aliphatic rings. The molecule has 0 aliphatic carbocycles. The first kappa shape index (κ1) is 69.2. The van der Waals surface area contributed by atoms with E-state index in [0.717, 1.165) is 103 Å². The number of rotatable bonds is 22. The van der Waals surface area contributed by atoms with Gasteiger partial charge in [-0.25, -0.2) is 0 Å². The van der Waals surface area contributed by atoms with E-state index in [1.54, 1.807) is 6.92 Å². The van der Waals surface area contributed by atoms with E-state index >= 15 is 0 Å². The van der Waals surface area contributed by atoms with Gasteiger partial charge in [-0.3, -0.25) is 9.59 Å². The van der Waals surface area contributed by atoms with Gasteiger partial charge in [0.2, 0.25) is 0 Å². The lowest BCUT2D eigenvalue weighted by molar-refractivity contribution is -0.400. The van der Waals surface area contributed by atoms with Crippen LogP contribution in [0.25, 0.3) is 0 Å². The summed E-state index contributed by atoms with van der Waals surface area (Å²) in [5.41, 5.74) is 0. The molecule has 0 aromatic carbocycles. The highest BCUT2D eigenvalue weighted by atomic mass is 16.8. The Morgan fingerprint density at radius 3 is 1.65 bits per heavy atom. The van der Waals surface area contributed by atoms with E-state index in [9.17, 15) is 60.7 Å². The minimum absolute atomic E-state index is 0.0274. The van der Waals surface area contributed by atoms with Crippen molar-refractivity contribution in [2.24, 2.45) is 0 Å². The minimum atomic E-state index is -1.99.